The third-order valence-corrected chi connectivity index (χ3v) is 12.1. The van der Waals surface area contributed by atoms with Crippen LogP contribution in [0.1, 0.15) is 97.0 Å². The lowest BCUT2D eigenvalue weighted by Crippen LogP contribution is -2.64. The molecule has 2 aromatic carbocycles. The molecule has 0 bridgehead atoms. The first-order valence-corrected chi connectivity index (χ1v) is 19.1. The fourth-order valence-electron chi connectivity index (χ4n) is 9.08. The number of rotatable bonds is 8. The van der Waals surface area contributed by atoms with Gasteiger partial charge in [-0.05, 0) is 85.5 Å². The van der Waals surface area contributed by atoms with E-state index in [-0.39, 0.29) is 61.5 Å². The third-order valence-electron chi connectivity index (χ3n) is 12.1. The van der Waals surface area contributed by atoms with E-state index >= 15 is 4.39 Å². The van der Waals surface area contributed by atoms with Crippen LogP contribution in [-0.4, -0.2) is 115 Å². The van der Waals surface area contributed by atoms with Crippen LogP contribution in [0.2, 0.25) is 0 Å². The van der Waals surface area contributed by atoms with E-state index in [0.29, 0.717) is 66.5 Å². The van der Waals surface area contributed by atoms with E-state index in [1.807, 2.05) is 21.9 Å². The lowest BCUT2D eigenvalue weighted by atomic mass is 9.92. The second-order valence-electron chi connectivity index (χ2n) is 15.9. The van der Waals surface area contributed by atoms with Crippen LogP contribution in [0.3, 0.4) is 0 Å². The molecule has 5 aliphatic heterocycles. The number of halogens is 1. The van der Waals surface area contributed by atoms with E-state index in [1.54, 1.807) is 41.2 Å². The molecule has 10 rings (SSSR count). The van der Waals surface area contributed by atoms with Gasteiger partial charge in [-0.1, -0.05) is 0 Å². The maximum Gasteiger partial charge on any atom is 0.262 e. The summed E-state index contributed by atoms with van der Waals surface area (Å²) in [4.78, 5) is 88.7. The van der Waals surface area contributed by atoms with Crippen molar-refractivity contribution >= 4 is 52.5 Å². The normalized spacial score (nSPS) is 22.4. The quantitative estimate of drug-likeness (QED) is 0.255. The smallest absolute Gasteiger partial charge is 0.262 e. The first kappa shape index (κ1) is 34.5. The van der Waals surface area contributed by atoms with Gasteiger partial charge in [-0.3, -0.25) is 43.9 Å². The Bertz CT molecular complexity index is 2400. The number of piperidine rings is 2. The van der Waals surface area contributed by atoms with Crippen LogP contribution in [0.15, 0.2) is 55.0 Å². The Morgan fingerprint density at radius 2 is 1.71 bits per heavy atom. The van der Waals surface area contributed by atoms with Gasteiger partial charge in [-0.2, -0.15) is 5.10 Å². The molecule has 1 aliphatic carbocycles. The van der Waals surface area contributed by atoms with Gasteiger partial charge >= 0.3 is 0 Å². The number of nitrogens with one attached hydrogen (secondary N) is 2. The molecular formula is C40H38FN9O6. The fourth-order valence-corrected chi connectivity index (χ4v) is 9.08. The van der Waals surface area contributed by atoms with Crippen molar-refractivity contribution in [1.82, 2.24) is 34.6 Å². The van der Waals surface area contributed by atoms with Crippen molar-refractivity contribution in [3.8, 4) is 0 Å². The molecule has 16 heteroatoms. The summed E-state index contributed by atoms with van der Waals surface area (Å²) in [6.45, 7) is 2.23. The van der Waals surface area contributed by atoms with Crippen LogP contribution in [0.25, 0.3) is 5.65 Å². The fraction of sp³-hybridized carbons (Fsp3) is 0.400. The number of anilines is 2. The number of likely N-dealkylation sites (tertiary alicyclic amines) is 1. The molecule has 0 spiro atoms. The molecule has 3 saturated heterocycles. The lowest BCUT2D eigenvalue weighted by molar-refractivity contribution is -0.136. The number of benzene rings is 2. The number of carbonyl (C=O) groups excluding carboxylic acids is 6. The highest BCUT2D eigenvalue weighted by atomic mass is 19.1. The number of carbonyl (C=O) groups is 6. The molecule has 0 radical (unpaired) electrons. The van der Waals surface area contributed by atoms with E-state index in [1.165, 1.54) is 6.20 Å². The topological polar surface area (TPSA) is 170 Å². The minimum atomic E-state index is -1.47. The average molecular weight is 760 g/mol. The van der Waals surface area contributed by atoms with Gasteiger partial charge in [0.1, 0.15) is 11.6 Å². The number of fused-ring (bicyclic) bond motifs is 3. The second kappa shape index (κ2) is 12.8. The number of alkyl halides is 1. The molecule has 1 atom stereocenters. The number of hydrogen-bond donors (Lipinski definition) is 2. The molecule has 56 heavy (non-hydrogen) atoms. The molecule has 286 valence electrons. The van der Waals surface area contributed by atoms with Gasteiger partial charge in [0, 0.05) is 68.0 Å². The molecule has 1 saturated carbocycles. The monoisotopic (exact) mass is 759 g/mol. The minimum absolute atomic E-state index is 0.00333. The number of imide groups is 2. The first-order chi connectivity index (χ1) is 27.0. The Hall–Kier alpha value is -6.03. The summed E-state index contributed by atoms with van der Waals surface area (Å²) >= 11 is 0. The summed E-state index contributed by atoms with van der Waals surface area (Å²) in [5, 5.41) is 9.53. The van der Waals surface area contributed by atoms with Crippen LogP contribution in [0.4, 0.5) is 15.8 Å². The van der Waals surface area contributed by atoms with Gasteiger partial charge in [0.05, 0.1) is 30.4 Å². The van der Waals surface area contributed by atoms with E-state index in [4.69, 9.17) is 0 Å². The summed E-state index contributed by atoms with van der Waals surface area (Å²) in [5.41, 5.74) is 3.61. The highest BCUT2D eigenvalue weighted by Gasteiger charge is 2.48. The highest BCUT2D eigenvalue weighted by Crippen LogP contribution is 2.46. The predicted octanol–water partition coefficient (Wildman–Crippen LogP) is 2.91. The van der Waals surface area contributed by atoms with Gasteiger partial charge in [0.2, 0.25) is 11.8 Å². The lowest BCUT2D eigenvalue weighted by Gasteiger charge is -2.49. The molecule has 1 unspecified atom stereocenters. The highest BCUT2D eigenvalue weighted by molar-refractivity contribution is 6.23. The van der Waals surface area contributed by atoms with Crippen LogP contribution < -0.4 is 15.5 Å². The van der Waals surface area contributed by atoms with Gasteiger partial charge in [0.25, 0.3) is 23.6 Å². The maximum absolute atomic E-state index is 16.1. The van der Waals surface area contributed by atoms with E-state index in [9.17, 15) is 28.8 Å². The molecule has 4 aromatic rings. The molecular weight excluding hydrogens is 721 g/mol. The Kier molecular flexibility index (Phi) is 7.85. The molecule has 7 heterocycles. The SMILES string of the molecule is O=C1CCC(N2C(=O)c3ccc(N4CC(F)(CN5CCC(N6Cc7cc(NC(=O)c8cnn9cccnc89)c(C8CC8)cc7C6=O)CC5)C4)cc3C2=O)C(=O)N1. The third kappa shape index (κ3) is 5.72. The van der Waals surface area contributed by atoms with Gasteiger partial charge in [-0.15, -0.1) is 0 Å². The van der Waals surface area contributed by atoms with Crippen molar-refractivity contribution in [3.05, 3.63) is 88.4 Å². The van der Waals surface area contributed by atoms with Crippen molar-refractivity contribution in [2.45, 2.75) is 68.7 Å². The summed E-state index contributed by atoms with van der Waals surface area (Å²) in [7, 11) is 0. The van der Waals surface area contributed by atoms with Crippen LogP contribution in [0.5, 0.6) is 0 Å². The van der Waals surface area contributed by atoms with Gasteiger partial charge in [-0.25, -0.2) is 13.9 Å². The number of amides is 6. The zero-order valence-electron chi connectivity index (χ0n) is 30.4. The Morgan fingerprint density at radius 1 is 0.929 bits per heavy atom. The van der Waals surface area contributed by atoms with Crippen LogP contribution in [0, 0.1) is 0 Å². The number of aromatic nitrogens is 3. The first-order valence-electron chi connectivity index (χ1n) is 19.1. The summed E-state index contributed by atoms with van der Waals surface area (Å²) in [5.74, 6) is -2.28. The van der Waals surface area contributed by atoms with Gasteiger partial charge < -0.3 is 15.1 Å². The minimum Gasteiger partial charge on any atom is -0.365 e. The van der Waals surface area contributed by atoms with E-state index in [2.05, 4.69) is 25.6 Å². The van der Waals surface area contributed by atoms with Gasteiger partial charge in [0.15, 0.2) is 11.3 Å². The van der Waals surface area contributed by atoms with E-state index < -0.39 is 35.3 Å². The summed E-state index contributed by atoms with van der Waals surface area (Å²) < 4.78 is 17.6. The van der Waals surface area contributed by atoms with Crippen molar-refractivity contribution < 1.29 is 33.2 Å². The molecule has 2 aromatic heterocycles. The average Bonchev–Trinajstić information content (AvgIpc) is 3.78. The molecule has 6 aliphatic rings. The second-order valence-corrected chi connectivity index (χ2v) is 15.9. The largest absolute Gasteiger partial charge is 0.365 e. The summed E-state index contributed by atoms with van der Waals surface area (Å²) in [6, 6.07) is 9.45. The van der Waals surface area contributed by atoms with Crippen molar-refractivity contribution in [3.63, 3.8) is 0 Å². The zero-order chi connectivity index (χ0) is 38.5. The Morgan fingerprint density at radius 3 is 2.48 bits per heavy atom. The van der Waals surface area contributed by atoms with Crippen LogP contribution in [-0.2, 0) is 16.1 Å². The summed E-state index contributed by atoms with van der Waals surface area (Å²) in [6.07, 6.45) is 8.41. The maximum atomic E-state index is 16.1. The molecule has 6 amide bonds. The molecule has 15 nitrogen and oxygen atoms in total. The molecule has 2 N–H and O–H groups in total. The predicted molar refractivity (Wildman–Crippen MR) is 198 cm³/mol. The van der Waals surface area contributed by atoms with Crippen molar-refractivity contribution in [2.75, 3.05) is 42.9 Å². The van der Waals surface area contributed by atoms with Crippen LogP contribution >= 0.6 is 0 Å². The Balaban J connectivity index is 0.753. The standard InChI is InChI=1S/C40H38FN9O6/c41-40(20-47(21-40)25-4-5-26-29(15-25)39(56)50(38(26)55)32-6-7-33(51)45-36(32)53)19-46-12-8-24(9-13-46)48-18-23-14-31(27(22-2-3-22)16-28(23)37(48)54)44-35(52)30-17-43-49-11-1-10-42-34(30)49/h1,4-5,10-11,14-17,22,24,32H,2-3,6-9,12-13,18-21H2,(H,44,52)(H,45,51,53). The Labute approximate surface area is 319 Å². The van der Waals surface area contributed by atoms with E-state index in [0.717, 1.165) is 28.9 Å². The number of nitrogens with zero attached hydrogens (tertiary/aromatic N) is 7. The molecule has 4 fully saturated rings. The van der Waals surface area contributed by atoms with Crippen molar-refractivity contribution in [1.29, 1.82) is 0 Å². The van der Waals surface area contributed by atoms with Crippen molar-refractivity contribution in [2.24, 2.45) is 0 Å². The number of hydrogen-bond acceptors (Lipinski definition) is 10. The zero-order valence-corrected chi connectivity index (χ0v) is 30.4.